The van der Waals surface area contributed by atoms with E-state index in [0.29, 0.717) is 35.6 Å². The number of benzene rings is 2. The van der Waals surface area contributed by atoms with Crippen LogP contribution in [0.15, 0.2) is 42.5 Å². The summed E-state index contributed by atoms with van der Waals surface area (Å²) in [5, 5.41) is 2.87. The third-order valence-corrected chi connectivity index (χ3v) is 4.16. The monoisotopic (exact) mass is 389 g/mol. The van der Waals surface area contributed by atoms with Gasteiger partial charge in [-0.05, 0) is 55.7 Å². The lowest BCUT2D eigenvalue weighted by Crippen LogP contribution is -2.32. The maximum Gasteiger partial charge on any atom is 0.255 e. The van der Waals surface area contributed by atoms with E-state index < -0.39 is 0 Å². The first kappa shape index (κ1) is 22.5. The number of nitrogens with one attached hydrogen (secondary N) is 1. The molecule has 2 amide bonds. The predicted octanol–water partition coefficient (Wildman–Crippen LogP) is 4.51. The number of hydrogen-bond acceptors (Lipinski definition) is 3. The quantitative estimate of drug-likeness (QED) is 0.684. The largest absolute Gasteiger partial charge is 0.399 e. The number of nitrogens with zero attached hydrogens (tertiary/aromatic N) is 1. The van der Waals surface area contributed by atoms with Crippen LogP contribution in [-0.4, -0.2) is 29.8 Å². The Bertz CT molecular complexity index is 787. The zero-order valence-corrected chi connectivity index (χ0v) is 16.9. The van der Waals surface area contributed by atoms with Crippen LogP contribution in [0.4, 0.5) is 11.4 Å². The van der Waals surface area contributed by atoms with Crippen LogP contribution in [-0.2, 0) is 0 Å². The number of amides is 2. The van der Waals surface area contributed by atoms with Gasteiger partial charge in [-0.15, -0.1) is 12.4 Å². The molecule has 0 saturated heterocycles. The van der Waals surface area contributed by atoms with E-state index in [1.54, 1.807) is 36.4 Å². The zero-order valence-electron chi connectivity index (χ0n) is 16.1. The van der Waals surface area contributed by atoms with Crippen LogP contribution in [0.1, 0.15) is 53.0 Å². The minimum absolute atomic E-state index is 0. The summed E-state index contributed by atoms with van der Waals surface area (Å²) in [6.45, 7) is 7.43. The van der Waals surface area contributed by atoms with Gasteiger partial charge in [0, 0.05) is 35.6 Å². The summed E-state index contributed by atoms with van der Waals surface area (Å²) < 4.78 is 0. The van der Waals surface area contributed by atoms with Gasteiger partial charge in [0.1, 0.15) is 0 Å². The van der Waals surface area contributed by atoms with Crippen molar-refractivity contribution >= 4 is 35.6 Å². The molecule has 0 aliphatic carbocycles. The van der Waals surface area contributed by atoms with E-state index in [1.165, 1.54) is 0 Å². The molecular weight excluding hydrogens is 362 g/mol. The Morgan fingerprint density at radius 3 is 2.26 bits per heavy atom. The van der Waals surface area contributed by atoms with Crippen LogP contribution in [0, 0.1) is 6.92 Å². The standard InChI is InChI=1S/C21H27N3O2.ClH/c1-4-11-24(12-5-2)21(26)17-8-6-7-16(13-17)20(25)23-19-14-18(22)10-9-15(19)3;/h6-10,13-14H,4-5,11-12,22H2,1-3H3,(H,23,25);1H. The maximum absolute atomic E-state index is 12.7. The highest BCUT2D eigenvalue weighted by atomic mass is 35.5. The Labute approximate surface area is 167 Å². The molecule has 0 radical (unpaired) electrons. The summed E-state index contributed by atoms with van der Waals surface area (Å²) in [7, 11) is 0. The van der Waals surface area contributed by atoms with E-state index in [1.807, 2.05) is 31.7 Å². The van der Waals surface area contributed by atoms with Gasteiger partial charge in [-0.3, -0.25) is 9.59 Å². The van der Waals surface area contributed by atoms with Crippen LogP contribution in [0.3, 0.4) is 0 Å². The van der Waals surface area contributed by atoms with Crippen LogP contribution in [0.25, 0.3) is 0 Å². The fourth-order valence-electron chi connectivity index (χ4n) is 2.80. The molecule has 27 heavy (non-hydrogen) atoms. The minimum Gasteiger partial charge on any atom is -0.399 e. The van der Waals surface area contributed by atoms with Crippen molar-refractivity contribution < 1.29 is 9.59 Å². The third kappa shape index (κ3) is 6.00. The van der Waals surface area contributed by atoms with Crippen LogP contribution in [0.2, 0.25) is 0 Å². The Morgan fingerprint density at radius 1 is 1.00 bits per heavy atom. The molecule has 2 rings (SSSR count). The van der Waals surface area contributed by atoms with Gasteiger partial charge >= 0.3 is 0 Å². The number of nitrogens with two attached hydrogens (primary N) is 1. The van der Waals surface area contributed by atoms with Gasteiger partial charge in [0.05, 0.1) is 0 Å². The van der Waals surface area contributed by atoms with Crippen molar-refractivity contribution in [2.45, 2.75) is 33.6 Å². The van der Waals surface area contributed by atoms with Crippen LogP contribution >= 0.6 is 12.4 Å². The van der Waals surface area contributed by atoms with Gasteiger partial charge in [0.2, 0.25) is 0 Å². The van der Waals surface area contributed by atoms with Crippen LogP contribution in [0.5, 0.6) is 0 Å². The predicted molar refractivity (Wildman–Crippen MR) is 114 cm³/mol. The number of carbonyl (C=O) groups excluding carboxylic acids is 2. The number of anilines is 2. The number of hydrogen-bond donors (Lipinski definition) is 2. The molecule has 3 N–H and O–H groups in total. The number of rotatable bonds is 7. The molecule has 0 fully saturated rings. The average Bonchev–Trinajstić information content (AvgIpc) is 2.64. The molecule has 0 heterocycles. The molecule has 0 bridgehead atoms. The summed E-state index contributed by atoms with van der Waals surface area (Å²) in [5.74, 6) is -0.297. The second-order valence-corrected chi connectivity index (χ2v) is 6.40. The van der Waals surface area contributed by atoms with E-state index in [4.69, 9.17) is 5.73 Å². The lowest BCUT2D eigenvalue weighted by atomic mass is 10.1. The van der Waals surface area contributed by atoms with E-state index in [0.717, 1.165) is 18.4 Å². The second-order valence-electron chi connectivity index (χ2n) is 6.40. The summed E-state index contributed by atoms with van der Waals surface area (Å²) in [6.07, 6.45) is 1.81. The molecule has 0 atom stereocenters. The SMILES string of the molecule is CCCN(CCC)C(=O)c1cccc(C(=O)Nc2cc(N)ccc2C)c1.Cl. The van der Waals surface area contributed by atoms with Gasteiger partial charge in [-0.1, -0.05) is 26.0 Å². The summed E-state index contributed by atoms with van der Waals surface area (Å²) >= 11 is 0. The van der Waals surface area contributed by atoms with Gasteiger partial charge in [-0.25, -0.2) is 0 Å². The summed E-state index contributed by atoms with van der Waals surface area (Å²) in [4.78, 5) is 27.2. The molecule has 0 spiro atoms. The topological polar surface area (TPSA) is 75.4 Å². The molecule has 0 unspecified atom stereocenters. The molecule has 146 valence electrons. The van der Waals surface area contributed by atoms with Crippen LogP contribution < -0.4 is 11.1 Å². The molecule has 0 saturated carbocycles. The third-order valence-electron chi connectivity index (χ3n) is 4.16. The highest BCUT2D eigenvalue weighted by molar-refractivity contribution is 6.06. The first-order valence-corrected chi connectivity index (χ1v) is 9.03. The number of halogens is 1. The fourth-order valence-corrected chi connectivity index (χ4v) is 2.80. The highest BCUT2D eigenvalue weighted by Crippen LogP contribution is 2.19. The molecule has 5 nitrogen and oxygen atoms in total. The Hall–Kier alpha value is -2.53. The Balaban J connectivity index is 0.00000364. The van der Waals surface area contributed by atoms with Gasteiger partial charge in [0.25, 0.3) is 11.8 Å². The Morgan fingerprint density at radius 2 is 1.63 bits per heavy atom. The summed E-state index contributed by atoms with van der Waals surface area (Å²) in [5.41, 5.74) is 8.96. The molecule has 2 aromatic carbocycles. The van der Waals surface area contributed by atoms with E-state index in [2.05, 4.69) is 5.32 Å². The average molecular weight is 390 g/mol. The highest BCUT2D eigenvalue weighted by Gasteiger charge is 2.16. The lowest BCUT2D eigenvalue weighted by molar-refractivity contribution is 0.0755. The molecule has 0 aliphatic heterocycles. The second kappa shape index (κ2) is 10.6. The smallest absolute Gasteiger partial charge is 0.255 e. The van der Waals surface area contributed by atoms with Gasteiger partial charge in [-0.2, -0.15) is 0 Å². The molecule has 6 heteroatoms. The normalized spacial score (nSPS) is 10.0. The Kier molecular flexibility index (Phi) is 8.82. The lowest BCUT2D eigenvalue weighted by Gasteiger charge is -2.21. The maximum atomic E-state index is 12.7. The van der Waals surface area contributed by atoms with Crippen molar-refractivity contribution in [3.8, 4) is 0 Å². The molecule has 2 aromatic rings. The molecular formula is C21H28ClN3O2. The number of nitrogen functional groups attached to an aromatic ring is 1. The van der Waals surface area contributed by atoms with E-state index in [-0.39, 0.29) is 24.2 Å². The van der Waals surface area contributed by atoms with Crippen molar-refractivity contribution in [1.29, 1.82) is 0 Å². The van der Waals surface area contributed by atoms with E-state index >= 15 is 0 Å². The number of aryl methyl sites for hydroxylation is 1. The van der Waals surface area contributed by atoms with Crippen molar-refractivity contribution in [2.75, 3.05) is 24.1 Å². The summed E-state index contributed by atoms with van der Waals surface area (Å²) in [6, 6.07) is 12.2. The van der Waals surface area contributed by atoms with Crippen molar-refractivity contribution in [3.63, 3.8) is 0 Å². The number of carbonyl (C=O) groups is 2. The molecule has 0 aliphatic rings. The molecule has 0 aromatic heterocycles. The zero-order chi connectivity index (χ0) is 19.1. The minimum atomic E-state index is -0.258. The van der Waals surface area contributed by atoms with Crippen molar-refractivity contribution in [2.24, 2.45) is 0 Å². The van der Waals surface area contributed by atoms with Crippen molar-refractivity contribution in [1.82, 2.24) is 4.90 Å². The van der Waals surface area contributed by atoms with Gasteiger partial charge < -0.3 is 16.0 Å². The van der Waals surface area contributed by atoms with Crippen molar-refractivity contribution in [3.05, 3.63) is 59.2 Å². The van der Waals surface area contributed by atoms with Gasteiger partial charge in [0.15, 0.2) is 0 Å². The fraction of sp³-hybridized carbons (Fsp3) is 0.333. The first-order valence-electron chi connectivity index (χ1n) is 9.03. The first-order chi connectivity index (χ1) is 12.5. The van der Waals surface area contributed by atoms with E-state index in [9.17, 15) is 9.59 Å².